The second kappa shape index (κ2) is 7.03. The SMILES string of the molecule is CSCC(C)NC(=O)NC[C@@H](C)O. The van der Waals surface area contributed by atoms with E-state index in [1.165, 1.54) is 0 Å². The number of carbonyl (C=O) groups is 1. The molecule has 0 radical (unpaired) electrons. The molecule has 0 fully saturated rings. The molecule has 0 aliphatic carbocycles. The lowest BCUT2D eigenvalue weighted by Crippen LogP contribution is -2.43. The van der Waals surface area contributed by atoms with Crippen LogP contribution < -0.4 is 10.6 Å². The van der Waals surface area contributed by atoms with E-state index in [2.05, 4.69) is 10.6 Å². The summed E-state index contributed by atoms with van der Waals surface area (Å²) in [6.45, 7) is 3.86. The lowest BCUT2D eigenvalue weighted by Gasteiger charge is -2.13. The van der Waals surface area contributed by atoms with Crippen LogP contribution in [-0.4, -0.2) is 41.8 Å². The molecule has 0 saturated heterocycles. The highest BCUT2D eigenvalue weighted by molar-refractivity contribution is 7.98. The Labute approximate surface area is 83.5 Å². The molecule has 4 nitrogen and oxygen atoms in total. The molecule has 0 spiro atoms. The van der Waals surface area contributed by atoms with E-state index in [4.69, 9.17) is 5.11 Å². The number of hydrogen-bond acceptors (Lipinski definition) is 3. The van der Waals surface area contributed by atoms with Crippen molar-refractivity contribution in [3.05, 3.63) is 0 Å². The maximum Gasteiger partial charge on any atom is 0.315 e. The summed E-state index contributed by atoms with van der Waals surface area (Å²) in [7, 11) is 0. The molecule has 0 bridgehead atoms. The first-order chi connectivity index (χ1) is 6.06. The van der Waals surface area contributed by atoms with Crippen molar-refractivity contribution >= 4 is 17.8 Å². The third-order valence-electron chi connectivity index (χ3n) is 1.35. The average molecular weight is 206 g/mol. The van der Waals surface area contributed by atoms with Gasteiger partial charge in [0.15, 0.2) is 0 Å². The second-order valence-corrected chi connectivity index (χ2v) is 3.97. The fourth-order valence-electron chi connectivity index (χ4n) is 0.807. The van der Waals surface area contributed by atoms with Gasteiger partial charge in [-0.1, -0.05) is 0 Å². The molecule has 13 heavy (non-hydrogen) atoms. The van der Waals surface area contributed by atoms with Gasteiger partial charge in [0, 0.05) is 18.3 Å². The fourth-order valence-corrected chi connectivity index (χ4v) is 1.39. The lowest BCUT2D eigenvalue weighted by atomic mass is 10.4. The fraction of sp³-hybridized carbons (Fsp3) is 0.875. The molecule has 2 atom stereocenters. The van der Waals surface area contributed by atoms with Crippen LogP contribution in [0.3, 0.4) is 0 Å². The van der Waals surface area contributed by atoms with Gasteiger partial charge in [-0.3, -0.25) is 0 Å². The van der Waals surface area contributed by atoms with Crippen LogP contribution in [0, 0.1) is 0 Å². The molecule has 5 heteroatoms. The normalized spacial score (nSPS) is 14.8. The van der Waals surface area contributed by atoms with E-state index in [0.29, 0.717) is 0 Å². The average Bonchev–Trinajstić information content (AvgIpc) is 2.01. The molecule has 0 aliphatic rings. The summed E-state index contributed by atoms with van der Waals surface area (Å²) in [4.78, 5) is 11.1. The van der Waals surface area contributed by atoms with E-state index in [9.17, 15) is 4.79 Å². The first-order valence-electron chi connectivity index (χ1n) is 4.27. The highest BCUT2D eigenvalue weighted by atomic mass is 32.2. The number of thioether (sulfide) groups is 1. The van der Waals surface area contributed by atoms with Crippen LogP contribution in [0.2, 0.25) is 0 Å². The third kappa shape index (κ3) is 7.93. The Kier molecular flexibility index (Phi) is 6.80. The molecule has 0 aromatic carbocycles. The Morgan fingerprint density at radius 1 is 1.54 bits per heavy atom. The summed E-state index contributed by atoms with van der Waals surface area (Å²) < 4.78 is 0. The third-order valence-corrected chi connectivity index (χ3v) is 2.19. The topological polar surface area (TPSA) is 61.4 Å². The molecule has 0 aromatic rings. The highest BCUT2D eigenvalue weighted by Crippen LogP contribution is 1.95. The monoisotopic (exact) mass is 206 g/mol. The van der Waals surface area contributed by atoms with E-state index >= 15 is 0 Å². The smallest absolute Gasteiger partial charge is 0.315 e. The Morgan fingerprint density at radius 2 is 2.15 bits per heavy atom. The van der Waals surface area contributed by atoms with Crippen molar-refractivity contribution in [2.45, 2.75) is 26.0 Å². The number of hydrogen-bond donors (Lipinski definition) is 3. The Bertz CT molecular complexity index is 153. The van der Waals surface area contributed by atoms with Crippen molar-refractivity contribution in [3.8, 4) is 0 Å². The molecule has 0 heterocycles. The van der Waals surface area contributed by atoms with Gasteiger partial charge in [0.1, 0.15) is 0 Å². The van der Waals surface area contributed by atoms with Crippen LogP contribution in [0.25, 0.3) is 0 Å². The molecule has 78 valence electrons. The number of urea groups is 1. The summed E-state index contributed by atoms with van der Waals surface area (Å²) in [5, 5.41) is 14.2. The van der Waals surface area contributed by atoms with E-state index in [-0.39, 0.29) is 18.6 Å². The van der Waals surface area contributed by atoms with E-state index in [1.54, 1.807) is 18.7 Å². The van der Waals surface area contributed by atoms with Crippen molar-refractivity contribution in [1.82, 2.24) is 10.6 Å². The standard InChI is InChI=1S/C8H18N2O2S/c1-6(5-13-3)10-8(12)9-4-7(2)11/h6-7,11H,4-5H2,1-3H3,(H2,9,10,12)/t6?,7-/m1/s1. The summed E-state index contributed by atoms with van der Waals surface area (Å²) in [6.07, 6.45) is 1.49. The molecule has 1 unspecified atom stereocenters. The van der Waals surface area contributed by atoms with Gasteiger partial charge in [-0.2, -0.15) is 11.8 Å². The predicted octanol–water partition coefficient (Wildman–Crippen LogP) is 0.418. The molecular formula is C8H18N2O2S. The zero-order valence-corrected chi connectivity index (χ0v) is 9.15. The van der Waals surface area contributed by atoms with Gasteiger partial charge >= 0.3 is 6.03 Å². The van der Waals surface area contributed by atoms with E-state index in [1.807, 2.05) is 13.2 Å². The molecule has 0 saturated carbocycles. The van der Waals surface area contributed by atoms with E-state index < -0.39 is 6.10 Å². The zero-order valence-electron chi connectivity index (χ0n) is 8.33. The number of amides is 2. The molecule has 0 rings (SSSR count). The van der Waals surface area contributed by atoms with Gasteiger partial charge in [-0.25, -0.2) is 4.79 Å². The van der Waals surface area contributed by atoms with Crippen LogP contribution in [0.5, 0.6) is 0 Å². The largest absolute Gasteiger partial charge is 0.392 e. The summed E-state index contributed by atoms with van der Waals surface area (Å²) >= 11 is 1.68. The summed E-state index contributed by atoms with van der Waals surface area (Å²) in [5.74, 6) is 0.891. The Balaban J connectivity index is 3.50. The molecule has 0 aromatic heterocycles. The lowest BCUT2D eigenvalue weighted by molar-refractivity contribution is 0.187. The van der Waals surface area contributed by atoms with Gasteiger partial charge in [0.25, 0.3) is 0 Å². The zero-order chi connectivity index (χ0) is 10.3. The van der Waals surface area contributed by atoms with Crippen LogP contribution in [0.15, 0.2) is 0 Å². The molecular weight excluding hydrogens is 188 g/mol. The molecule has 3 N–H and O–H groups in total. The minimum atomic E-state index is -0.499. The number of aliphatic hydroxyl groups is 1. The van der Waals surface area contributed by atoms with Crippen LogP contribution in [-0.2, 0) is 0 Å². The van der Waals surface area contributed by atoms with Crippen LogP contribution in [0.4, 0.5) is 4.79 Å². The Hall–Kier alpha value is -0.420. The predicted molar refractivity (Wildman–Crippen MR) is 56.1 cm³/mol. The number of rotatable bonds is 5. The van der Waals surface area contributed by atoms with Crippen LogP contribution >= 0.6 is 11.8 Å². The summed E-state index contributed by atoms with van der Waals surface area (Å²) in [6, 6.07) is -0.0635. The maximum absolute atomic E-state index is 11.1. The van der Waals surface area contributed by atoms with Gasteiger partial charge < -0.3 is 15.7 Å². The molecule has 0 aliphatic heterocycles. The van der Waals surface area contributed by atoms with Crippen molar-refractivity contribution < 1.29 is 9.90 Å². The van der Waals surface area contributed by atoms with Gasteiger partial charge in [0.05, 0.1) is 6.10 Å². The van der Waals surface area contributed by atoms with E-state index in [0.717, 1.165) is 5.75 Å². The number of carbonyl (C=O) groups excluding carboxylic acids is 1. The number of nitrogens with one attached hydrogen (secondary N) is 2. The molecule has 2 amide bonds. The first-order valence-corrected chi connectivity index (χ1v) is 5.67. The van der Waals surface area contributed by atoms with Crippen molar-refractivity contribution in [2.75, 3.05) is 18.6 Å². The Morgan fingerprint density at radius 3 is 2.62 bits per heavy atom. The minimum Gasteiger partial charge on any atom is -0.392 e. The van der Waals surface area contributed by atoms with Crippen molar-refractivity contribution in [2.24, 2.45) is 0 Å². The van der Waals surface area contributed by atoms with Gasteiger partial charge in [-0.15, -0.1) is 0 Å². The van der Waals surface area contributed by atoms with Gasteiger partial charge in [0.2, 0.25) is 0 Å². The van der Waals surface area contributed by atoms with Gasteiger partial charge in [-0.05, 0) is 20.1 Å². The number of aliphatic hydroxyl groups excluding tert-OH is 1. The van der Waals surface area contributed by atoms with Crippen molar-refractivity contribution in [3.63, 3.8) is 0 Å². The second-order valence-electron chi connectivity index (χ2n) is 3.06. The maximum atomic E-state index is 11.1. The quantitative estimate of drug-likeness (QED) is 0.611. The van der Waals surface area contributed by atoms with Crippen LogP contribution in [0.1, 0.15) is 13.8 Å². The summed E-state index contributed by atoms with van der Waals surface area (Å²) in [5.41, 5.74) is 0. The minimum absolute atomic E-state index is 0.156. The first kappa shape index (κ1) is 12.6. The highest BCUT2D eigenvalue weighted by Gasteiger charge is 2.06. The van der Waals surface area contributed by atoms with Crippen molar-refractivity contribution in [1.29, 1.82) is 0 Å².